The van der Waals surface area contributed by atoms with Crippen molar-refractivity contribution < 1.29 is 0 Å². The van der Waals surface area contributed by atoms with Gasteiger partial charge < -0.3 is 4.90 Å². The van der Waals surface area contributed by atoms with Gasteiger partial charge in [-0.25, -0.2) is 0 Å². The zero-order valence-electron chi connectivity index (χ0n) is 83.6. The first-order valence-corrected chi connectivity index (χ1v) is 55.5. The van der Waals surface area contributed by atoms with Crippen LogP contribution < -0.4 is 15.3 Å². The van der Waals surface area contributed by atoms with Crippen LogP contribution in [0.15, 0.2) is 437 Å². The molecule has 690 valence electrons. The molecule has 23 aromatic carbocycles. The zero-order chi connectivity index (χ0) is 97.4. The Labute approximate surface area is 851 Å². The van der Waals surface area contributed by atoms with Crippen molar-refractivity contribution in [2.45, 2.75) is 97.1 Å². The highest BCUT2D eigenvalue weighted by Crippen LogP contribution is 2.60. The van der Waals surface area contributed by atoms with Crippen LogP contribution in [0.25, 0.3) is 202 Å². The maximum absolute atomic E-state index is 2.55. The highest BCUT2D eigenvalue weighted by molar-refractivity contribution is 7.67. The topological polar surface area (TPSA) is 3.24 Å². The molecule has 0 saturated carbocycles. The Morgan fingerprint density at radius 3 is 1.00 bits per heavy atom. The van der Waals surface area contributed by atoms with Crippen LogP contribution in [0.3, 0.4) is 0 Å². The molecular formula is C142H108NPSi. The van der Waals surface area contributed by atoms with Gasteiger partial charge >= 0.3 is 0 Å². The number of fused-ring (bicyclic) bond motifs is 26. The number of rotatable bonds is 7. The zero-order valence-corrected chi connectivity index (χ0v) is 85.5. The van der Waals surface area contributed by atoms with Gasteiger partial charge in [-0.05, 0) is 339 Å². The number of nitrogens with zero attached hydrogens (tertiary/aromatic N) is 1. The molecule has 6 aliphatic rings. The molecule has 1 spiro atoms. The summed E-state index contributed by atoms with van der Waals surface area (Å²) >= 11 is 0. The molecule has 1 nitrogen and oxygen atoms in total. The van der Waals surface area contributed by atoms with Crippen LogP contribution in [0.5, 0.6) is 0 Å². The molecule has 24 aromatic rings. The van der Waals surface area contributed by atoms with Gasteiger partial charge in [0.05, 0.1) is 0 Å². The van der Waals surface area contributed by atoms with Gasteiger partial charge in [-0.2, -0.15) is 0 Å². The monoisotopic (exact) mass is 1890 g/mol. The normalized spacial score (nSPS) is 14.5. The van der Waals surface area contributed by atoms with Crippen LogP contribution in [0.4, 0.5) is 11.4 Å². The quantitative estimate of drug-likeness (QED) is 0.114. The van der Waals surface area contributed by atoms with Crippen molar-refractivity contribution >= 4 is 123 Å². The molecule has 0 radical (unpaired) electrons. The summed E-state index contributed by atoms with van der Waals surface area (Å²) in [5.41, 5.74) is 47.5. The number of benzene rings is 23. The first-order valence-electron chi connectivity index (χ1n) is 51.8. The highest BCUT2D eigenvalue weighted by Gasteiger charge is 2.50. The number of para-hydroxylation sites is 1. The van der Waals surface area contributed by atoms with Crippen molar-refractivity contribution in [3.05, 3.63) is 509 Å². The maximum Gasteiger partial charge on any atom is 0.128 e. The van der Waals surface area contributed by atoms with Crippen LogP contribution >= 0.6 is 7.53 Å². The number of hydrogen-bond acceptors (Lipinski definition) is 1. The van der Waals surface area contributed by atoms with Gasteiger partial charge in [0.2, 0.25) is 0 Å². The fourth-order valence-electron chi connectivity index (χ4n) is 27.5. The predicted molar refractivity (Wildman–Crippen MR) is 625 cm³/mol. The minimum Gasteiger partial charge on any atom is -0.344 e. The first-order chi connectivity index (χ1) is 70.8. The number of anilines is 2. The molecule has 3 aliphatic heterocycles. The van der Waals surface area contributed by atoms with Gasteiger partial charge in [0.15, 0.2) is 0 Å². The summed E-state index contributed by atoms with van der Waals surface area (Å²) < 4.78 is 0. The summed E-state index contributed by atoms with van der Waals surface area (Å²) in [5.74, 6) is 0. The molecule has 0 saturated heterocycles. The largest absolute Gasteiger partial charge is 0.344 e. The molecule has 145 heavy (non-hydrogen) atoms. The van der Waals surface area contributed by atoms with Crippen molar-refractivity contribution in [2.24, 2.45) is 0 Å². The molecule has 3 heteroatoms. The number of aryl methyl sites for hydroxylation is 3. The predicted octanol–water partition coefficient (Wildman–Crippen LogP) is 37.2. The smallest absolute Gasteiger partial charge is 0.128 e. The van der Waals surface area contributed by atoms with Gasteiger partial charge in [0.25, 0.3) is 0 Å². The molecule has 30 rings (SSSR count). The third-order valence-corrected chi connectivity index (χ3v) is 41.7. The first kappa shape index (κ1) is 86.8. The van der Waals surface area contributed by atoms with Crippen molar-refractivity contribution in [3.63, 3.8) is 0 Å². The van der Waals surface area contributed by atoms with E-state index in [9.17, 15) is 0 Å². The lowest BCUT2D eigenvalue weighted by Crippen LogP contribution is -2.57. The molecule has 1 atom stereocenters. The van der Waals surface area contributed by atoms with Crippen LogP contribution in [-0.4, -0.2) is 15.1 Å². The van der Waals surface area contributed by atoms with Gasteiger partial charge in [-0.15, -0.1) is 0 Å². The molecule has 0 bridgehead atoms. The van der Waals surface area contributed by atoms with E-state index in [1.165, 1.54) is 287 Å². The van der Waals surface area contributed by atoms with Gasteiger partial charge in [-0.1, -0.05) is 454 Å². The van der Waals surface area contributed by atoms with Gasteiger partial charge in [0, 0.05) is 51.3 Å². The van der Waals surface area contributed by atoms with Crippen molar-refractivity contribution in [2.75, 3.05) is 11.9 Å². The standard InChI is InChI=1S/C50H38Si.C48H35P.C44H35N/c1-31-20-23-40-43(26-31)49(32-21-24-45-41(27-32)36-14-8-10-18-44(36)50(45,2)3)39-17-7-6-16-38(39)48(40)33-22-25-47-42(28-33)37-15-9-11-19-46(37)51(47)29-34-12-4-5-13-35(34)30-51;1-30-21-24-38-41(27-30)47(31-22-25-43-39(28-31)34-15-9-11-19-42(34)48(43,2)3)37-18-8-7-17-36(37)46(38)32-23-26-45-40(29-32)35-16-10-12-20-44(35)49(45)33-13-5-4-6-14-33;1-27-17-21-35-37(23-27)43(30-20-22-39-36(25-30)32-12-8-9-15-38(32)44(39,2)3)34-14-7-6-13-33(34)42(35)31-19-18-29-24-28-11-5-10-16-40(28)45(4)41(29)26-31/h4-28H,29-30H2,1-3H3;4-29H,1-3H3;5-23,25-26H,24H2,1-4H3. The lowest BCUT2D eigenvalue weighted by atomic mass is 9.81. The average Bonchev–Trinajstić information content (AvgIpc) is 0.837. The third-order valence-electron chi connectivity index (χ3n) is 34.3. The highest BCUT2D eigenvalue weighted by atomic mass is 31.1. The van der Waals surface area contributed by atoms with E-state index in [2.05, 4.69) is 511 Å². The van der Waals surface area contributed by atoms with E-state index in [0.717, 1.165) is 6.42 Å². The summed E-state index contributed by atoms with van der Waals surface area (Å²) in [4.78, 5) is 2.37. The Hall–Kier alpha value is -16.1. The Morgan fingerprint density at radius 2 is 0.531 bits per heavy atom. The third kappa shape index (κ3) is 13.1. The van der Waals surface area contributed by atoms with Crippen LogP contribution in [0.2, 0.25) is 0 Å². The van der Waals surface area contributed by atoms with E-state index in [4.69, 9.17) is 0 Å². The van der Waals surface area contributed by atoms with E-state index in [1.807, 2.05) is 0 Å². The molecule has 4 heterocycles. The van der Waals surface area contributed by atoms with Crippen LogP contribution in [-0.2, 0) is 34.8 Å². The summed E-state index contributed by atoms with van der Waals surface area (Å²) in [6.07, 6.45) is 0.966. The molecule has 0 amide bonds. The van der Waals surface area contributed by atoms with Gasteiger partial charge in [0.1, 0.15) is 8.07 Å². The van der Waals surface area contributed by atoms with Crippen LogP contribution in [0, 0.1) is 20.8 Å². The molecule has 1 aromatic heterocycles. The van der Waals surface area contributed by atoms with Crippen molar-refractivity contribution in [1.82, 2.24) is 0 Å². The molecular weight excluding hydrogens is 1780 g/mol. The minimum atomic E-state index is -1.95. The molecule has 3 aliphatic carbocycles. The summed E-state index contributed by atoms with van der Waals surface area (Å²) in [5, 5.41) is 26.0. The molecule has 1 unspecified atom stereocenters. The second-order valence-electron chi connectivity index (χ2n) is 43.5. The lowest BCUT2D eigenvalue weighted by Gasteiger charge is -2.31. The fourth-order valence-corrected chi connectivity index (χ4v) is 35.5. The minimum absolute atomic E-state index is 0.00480. The van der Waals surface area contributed by atoms with E-state index in [0.29, 0.717) is 0 Å². The van der Waals surface area contributed by atoms with Crippen molar-refractivity contribution in [1.29, 1.82) is 0 Å². The van der Waals surface area contributed by atoms with Gasteiger partial charge in [-0.3, -0.25) is 0 Å². The fraction of sp³-hybridized carbons (Fsp3) is 0.113. The second kappa shape index (κ2) is 32.7. The molecule has 0 N–H and O–H groups in total. The number of hydrogen-bond donors (Lipinski definition) is 0. The van der Waals surface area contributed by atoms with E-state index < -0.39 is 15.6 Å². The Bertz CT molecular complexity index is 9680. The SMILES string of the molecule is Cc1ccc2c(-c3ccc4c(c3)-c3ccccc3[Si]43Cc4ccccc4C3)c3ccccc3c(-c3ccc4c(c3)-c3ccccc3C4(C)C)c2c1.Cc1ccc2c(-c3ccc4c(c3)N(C)c3ccccc3C4)c3ccccc3c(-c3ccc4c(c3)-c3ccccc3C4(C)C)c2c1.Cc1ccc2c(-c3ccc4c(c3)c3ccccc3p4-c3ccccc3)c3ccccc3c(-c3ccc4c(c3)-c3ccccc3C4(C)C)c2c1. The van der Waals surface area contributed by atoms with E-state index >= 15 is 0 Å². The van der Waals surface area contributed by atoms with Crippen molar-refractivity contribution in [3.8, 4) is 117 Å². The van der Waals surface area contributed by atoms with E-state index in [1.54, 1.807) is 21.5 Å². The Balaban J connectivity index is 0.000000106. The Kier molecular flexibility index (Phi) is 19.6. The van der Waals surface area contributed by atoms with Crippen LogP contribution in [0.1, 0.15) is 114 Å². The second-order valence-corrected chi connectivity index (χ2v) is 49.6. The summed E-state index contributed by atoms with van der Waals surface area (Å²) in [7, 11) is -0.336. The molecule has 0 fully saturated rings. The van der Waals surface area contributed by atoms with E-state index in [-0.39, 0.29) is 16.2 Å². The summed E-state index contributed by atoms with van der Waals surface area (Å²) in [6.45, 7) is 20.8. The average molecular weight is 1890 g/mol. The lowest BCUT2D eigenvalue weighted by molar-refractivity contribution is 0.660. The maximum atomic E-state index is 2.55. The Morgan fingerprint density at radius 1 is 0.214 bits per heavy atom. The summed E-state index contributed by atoms with van der Waals surface area (Å²) in [6, 6.07) is 169.